The molecule has 0 spiro atoms. The molecule has 0 radical (unpaired) electrons. The van der Waals surface area contributed by atoms with Crippen LogP contribution in [-0.2, 0) is 15.8 Å². The number of carbonyl (C=O) groups is 1. The summed E-state index contributed by atoms with van der Waals surface area (Å²) in [5.41, 5.74) is 2.65. The summed E-state index contributed by atoms with van der Waals surface area (Å²) in [6.07, 6.45) is 4.71. The van der Waals surface area contributed by atoms with E-state index in [1.807, 2.05) is 60.7 Å². The lowest BCUT2D eigenvalue weighted by atomic mass is 10.0. The Morgan fingerprint density at radius 1 is 1.05 bits per heavy atom. The zero-order valence-electron chi connectivity index (χ0n) is 22.2. The predicted molar refractivity (Wildman–Crippen MR) is 151 cm³/mol. The maximum atomic E-state index is 13.0. The summed E-state index contributed by atoms with van der Waals surface area (Å²) in [5, 5.41) is 3.28. The molecule has 0 aliphatic heterocycles. The average molecular weight is 548 g/mol. The molecule has 2 heterocycles. The van der Waals surface area contributed by atoms with Crippen molar-refractivity contribution in [1.29, 1.82) is 0 Å². The van der Waals surface area contributed by atoms with Gasteiger partial charge in [-0.25, -0.2) is 18.1 Å². The number of amides is 1. The lowest BCUT2D eigenvalue weighted by molar-refractivity contribution is 0.0964. The maximum Gasteiger partial charge on any atom is 0.255 e. The summed E-state index contributed by atoms with van der Waals surface area (Å²) >= 11 is 0. The fourth-order valence-electron chi connectivity index (χ4n) is 4.62. The minimum Gasteiger partial charge on any atom is -0.457 e. The number of hydrogen-bond donors (Lipinski definition) is 2. The first-order valence-electron chi connectivity index (χ1n) is 13.4. The van der Waals surface area contributed by atoms with Crippen LogP contribution in [-0.4, -0.2) is 32.9 Å². The molecule has 0 saturated heterocycles. The molecule has 8 nitrogen and oxygen atoms in total. The summed E-state index contributed by atoms with van der Waals surface area (Å²) < 4.78 is 40.4. The molecule has 0 atom stereocenters. The third-order valence-corrected chi connectivity index (χ3v) is 8.09. The van der Waals surface area contributed by atoms with Gasteiger partial charge >= 0.3 is 0 Å². The number of nitrogens with one attached hydrogen (secondary N) is 2. The Morgan fingerprint density at radius 2 is 1.77 bits per heavy atom. The number of nitrogens with zero attached hydrogens (tertiary/aromatic N) is 1. The zero-order valence-corrected chi connectivity index (χ0v) is 23.0. The topological polar surface area (TPSA) is 111 Å². The fraction of sp³-hybridized carbons (Fsp3) is 0.333. The van der Waals surface area contributed by atoms with Crippen molar-refractivity contribution < 1.29 is 22.4 Å². The molecule has 1 saturated carbocycles. The van der Waals surface area contributed by atoms with Crippen LogP contribution in [0, 0.1) is 0 Å². The average Bonchev–Trinajstić information content (AvgIpc) is 3.71. The molecule has 39 heavy (non-hydrogen) atoms. The van der Waals surface area contributed by atoms with Crippen LogP contribution in [0.3, 0.4) is 0 Å². The summed E-state index contributed by atoms with van der Waals surface area (Å²) in [5.74, 6) is 1.46. The highest BCUT2D eigenvalue weighted by Crippen LogP contribution is 2.44. The Hall–Kier alpha value is -3.69. The summed E-state index contributed by atoms with van der Waals surface area (Å²) in [6, 6.07) is 18.7. The van der Waals surface area contributed by atoms with Gasteiger partial charge in [0.25, 0.3) is 5.91 Å². The van der Waals surface area contributed by atoms with Gasteiger partial charge in [0, 0.05) is 19.2 Å². The number of aromatic nitrogens is 1. The third-order valence-electron chi connectivity index (χ3n) is 6.79. The van der Waals surface area contributed by atoms with Crippen LogP contribution in [0.1, 0.15) is 66.6 Å². The number of fused-ring (bicyclic) bond motifs is 1. The third kappa shape index (κ3) is 6.32. The van der Waals surface area contributed by atoms with E-state index >= 15 is 0 Å². The van der Waals surface area contributed by atoms with Gasteiger partial charge in [-0.15, -0.1) is 0 Å². The fourth-order valence-corrected chi connectivity index (χ4v) is 5.77. The first-order valence-corrected chi connectivity index (χ1v) is 15.0. The maximum absolute atomic E-state index is 13.0. The minimum absolute atomic E-state index is 0.224. The van der Waals surface area contributed by atoms with Crippen molar-refractivity contribution in [2.45, 2.75) is 50.7 Å². The van der Waals surface area contributed by atoms with E-state index in [1.54, 1.807) is 7.05 Å². The quantitative estimate of drug-likeness (QED) is 0.206. The van der Waals surface area contributed by atoms with Crippen molar-refractivity contribution in [3.63, 3.8) is 0 Å². The number of pyridine rings is 1. The van der Waals surface area contributed by atoms with Crippen molar-refractivity contribution >= 4 is 27.0 Å². The Balaban J connectivity index is 1.50. The first kappa shape index (κ1) is 26.9. The van der Waals surface area contributed by atoms with E-state index in [2.05, 4.69) is 21.9 Å². The molecule has 4 aromatic rings. The summed E-state index contributed by atoms with van der Waals surface area (Å²) in [4.78, 5) is 17.7. The number of furan rings is 1. The lowest BCUT2D eigenvalue weighted by Crippen LogP contribution is -2.27. The van der Waals surface area contributed by atoms with Gasteiger partial charge in [-0.05, 0) is 73.2 Å². The van der Waals surface area contributed by atoms with Crippen LogP contribution >= 0.6 is 0 Å². The molecule has 1 amide bonds. The SMILES string of the molecule is CCCCCNS(=O)(=O)Cc1nc2oc(-c3ccc(Oc4ccccc4)cc3)c(C(=O)NC)c2cc1C1CC1. The minimum atomic E-state index is -3.57. The molecule has 1 aliphatic carbocycles. The Bertz CT molecular complexity index is 1560. The van der Waals surface area contributed by atoms with E-state index in [0.29, 0.717) is 40.3 Å². The van der Waals surface area contributed by atoms with Gasteiger partial charge in [0.15, 0.2) is 0 Å². The molecule has 1 aliphatic rings. The van der Waals surface area contributed by atoms with Gasteiger partial charge in [0.1, 0.15) is 23.0 Å². The van der Waals surface area contributed by atoms with Gasteiger partial charge in [-0.2, -0.15) is 0 Å². The van der Waals surface area contributed by atoms with Gasteiger partial charge in [-0.1, -0.05) is 38.0 Å². The molecule has 9 heteroatoms. The second-order valence-electron chi connectivity index (χ2n) is 9.84. The van der Waals surface area contributed by atoms with Crippen LogP contribution in [0.25, 0.3) is 22.4 Å². The smallest absolute Gasteiger partial charge is 0.255 e. The molecular weight excluding hydrogens is 514 g/mol. The largest absolute Gasteiger partial charge is 0.457 e. The number of carbonyl (C=O) groups excluding carboxylic acids is 1. The predicted octanol–water partition coefficient (Wildman–Crippen LogP) is 6.13. The van der Waals surface area contributed by atoms with Gasteiger partial charge in [0.2, 0.25) is 15.7 Å². The normalized spacial score (nSPS) is 13.5. The van der Waals surface area contributed by atoms with Crippen molar-refractivity contribution in [1.82, 2.24) is 15.0 Å². The van der Waals surface area contributed by atoms with Gasteiger partial charge < -0.3 is 14.5 Å². The molecule has 2 aromatic carbocycles. The van der Waals surface area contributed by atoms with E-state index in [0.717, 1.165) is 43.4 Å². The molecule has 0 bridgehead atoms. The number of benzene rings is 2. The molecule has 204 valence electrons. The summed E-state index contributed by atoms with van der Waals surface area (Å²) in [7, 11) is -1.99. The highest BCUT2D eigenvalue weighted by molar-refractivity contribution is 7.88. The van der Waals surface area contributed by atoms with E-state index in [9.17, 15) is 13.2 Å². The van der Waals surface area contributed by atoms with Crippen LogP contribution in [0.2, 0.25) is 0 Å². The monoisotopic (exact) mass is 547 g/mol. The highest BCUT2D eigenvalue weighted by Gasteiger charge is 2.31. The van der Waals surface area contributed by atoms with Crippen molar-refractivity contribution in [2.24, 2.45) is 0 Å². The number of para-hydroxylation sites is 1. The number of ether oxygens (including phenoxy) is 1. The van der Waals surface area contributed by atoms with Crippen LogP contribution in [0.4, 0.5) is 0 Å². The number of sulfonamides is 1. The second-order valence-corrected chi connectivity index (χ2v) is 11.6. The van der Waals surface area contributed by atoms with E-state index in [-0.39, 0.29) is 23.3 Å². The standard InChI is InChI=1S/C30H33N3O5S/c1-3-4-8-17-32-39(35,36)19-26-24(20-11-12-20)18-25-27(29(34)31-2)28(38-30(25)33-26)21-13-15-23(16-14-21)37-22-9-6-5-7-10-22/h5-7,9-10,13-16,18,20,32H,3-4,8,11-12,17,19H2,1-2H3,(H,31,34). The molecule has 0 unspecified atom stereocenters. The van der Waals surface area contributed by atoms with E-state index in [1.165, 1.54) is 0 Å². The highest BCUT2D eigenvalue weighted by atomic mass is 32.2. The molecular formula is C30H33N3O5S. The van der Waals surface area contributed by atoms with Gasteiger partial charge in [0.05, 0.1) is 16.6 Å². The molecule has 1 fully saturated rings. The van der Waals surface area contributed by atoms with Crippen molar-refractivity contribution in [3.8, 4) is 22.8 Å². The Labute approximate surface area is 228 Å². The number of rotatable bonds is 12. The van der Waals surface area contributed by atoms with Crippen LogP contribution < -0.4 is 14.8 Å². The summed E-state index contributed by atoms with van der Waals surface area (Å²) in [6.45, 7) is 2.49. The Kier molecular flexibility index (Phi) is 7.99. The first-order chi connectivity index (χ1) is 18.9. The van der Waals surface area contributed by atoms with E-state index < -0.39 is 10.0 Å². The second kappa shape index (κ2) is 11.6. The Morgan fingerprint density at radius 3 is 2.44 bits per heavy atom. The zero-order chi connectivity index (χ0) is 27.4. The van der Waals surface area contributed by atoms with Crippen molar-refractivity contribution in [2.75, 3.05) is 13.6 Å². The van der Waals surface area contributed by atoms with Crippen LogP contribution in [0.15, 0.2) is 65.1 Å². The molecule has 2 aromatic heterocycles. The van der Waals surface area contributed by atoms with Gasteiger partial charge in [-0.3, -0.25) is 4.79 Å². The molecule has 2 N–H and O–H groups in total. The number of hydrogen-bond acceptors (Lipinski definition) is 6. The van der Waals surface area contributed by atoms with Crippen LogP contribution in [0.5, 0.6) is 11.5 Å². The lowest BCUT2D eigenvalue weighted by Gasteiger charge is -2.10. The number of unbranched alkanes of at least 4 members (excludes halogenated alkanes) is 2. The molecule has 5 rings (SSSR count). The van der Waals surface area contributed by atoms with E-state index in [4.69, 9.17) is 9.15 Å². The van der Waals surface area contributed by atoms with Crippen molar-refractivity contribution in [3.05, 3.63) is 77.5 Å².